The molecule has 15 heavy (non-hydrogen) atoms. The molecule has 0 aliphatic heterocycles. The molecule has 0 radical (unpaired) electrons. The van der Waals surface area contributed by atoms with E-state index in [0.717, 1.165) is 0 Å². The summed E-state index contributed by atoms with van der Waals surface area (Å²) in [5.74, 6) is 0.192. The van der Waals surface area contributed by atoms with Crippen molar-refractivity contribution in [3.8, 4) is 5.75 Å². The minimum Gasteiger partial charge on any atom is -0.486 e. The number of thiocarbonyl (C=S) groups is 1. The molecule has 0 bridgehead atoms. The highest BCUT2D eigenvalue weighted by Gasteiger charge is 2.08. The van der Waals surface area contributed by atoms with E-state index in [4.69, 9.17) is 34.3 Å². The third-order valence-corrected chi connectivity index (χ3v) is 2.11. The zero-order valence-electron chi connectivity index (χ0n) is 7.54. The van der Waals surface area contributed by atoms with Crippen molar-refractivity contribution in [2.45, 2.75) is 6.43 Å². The predicted molar refractivity (Wildman–Crippen MR) is 58.8 cm³/mol. The van der Waals surface area contributed by atoms with E-state index in [0.29, 0.717) is 5.56 Å². The number of halogens is 3. The van der Waals surface area contributed by atoms with Crippen LogP contribution in [0.2, 0.25) is 5.02 Å². The van der Waals surface area contributed by atoms with Crippen LogP contribution < -0.4 is 10.5 Å². The number of hydrogen-bond donors (Lipinski definition) is 1. The Hall–Kier alpha value is -0.940. The van der Waals surface area contributed by atoms with E-state index in [1.54, 1.807) is 6.07 Å². The van der Waals surface area contributed by atoms with Crippen molar-refractivity contribution in [2.75, 3.05) is 6.61 Å². The topological polar surface area (TPSA) is 35.2 Å². The summed E-state index contributed by atoms with van der Waals surface area (Å²) in [6.07, 6.45) is -2.53. The molecule has 0 aromatic heterocycles. The van der Waals surface area contributed by atoms with Crippen molar-refractivity contribution in [3.63, 3.8) is 0 Å². The third kappa shape index (κ3) is 3.60. The van der Waals surface area contributed by atoms with Gasteiger partial charge < -0.3 is 10.5 Å². The molecule has 2 nitrogen and oxygen atoms in total. The predicted octanol–water partition coefficient (Wildman–Crippen LogP) is 2.62. The third-order valence-electron chi connectivity index (χ3n) is 1.58. The fourth-order valence-corrected chi connectivity index (χ4v) is 1.29. The molecule has 0 saturated carbocycles. The summed E-state index contributed by atoms with van der Waals surface area (Å²) in [6, 6.07) is 4.50. The average Bonchev–Trinajstić information content (AvgIpc) is 2.15. The molecule has 6 heteroatoms. The SMILES string of the molecule is NC(=S)c1ccc(OCC(F)F)c(Cl)c1. The van der Waals surface area contributed by atoms with Crippen molar-refractivity contribution in [2.24, 2.45) is 5.73 Å². The van der Waals surface area contributed by atoms with Gasteiger partial charge in [-0.3, -0.25) is 0 Å². The van der Waals surface area contributed by atoms with Crippen LogP contribution in [0.4, 0.5) is 8.78 Å². The molecule has 0 heterocycles. The number of alkyl halides is 2. The summed E-state index contributed by atoms with van der Waals surface area (Å²) >= 11 is 10.5. The quantitative estimate of drug-likeness (QED) is 0.836. The van der Waals surface area contributed by atoms with E-state index in [9.17, 15) is 8.78 Å². The summed E-state index contributed by atoms with van der Waals surface area (Å²) in [6.45, 7) is -0.688. The van der Waals surface area contributed by atoms with Gasteiger partial charge in [-0.05, 0) is 18.2 Å². The number of rotatable bonds is 4. The zero-order valence-corrected chi connectivity index (χ0v) is 9.12. The molecule has 0 aliphatic rings. The minimum atomic E-state index is -2.53. The van der Waals surface area contributed by atoms with Crippen LogP contribution in [0.3, 0.4) is 0 Å². The highest BCUT2D eigenvalue weighted by atomic mass is 35.5. The van der Waals surface area contributed by atoms with Crippen LogP contribution in [0.1, 0.15) is 5.56 Å². The molecular weight excluding hydrogens is 244 g/mol. The largest absolute Gasteiger partial charge is 0.486 e. The van der Waals surface area contributed by atoms with Gasteiger partial charge in [0.15, 0.2) is 0 Å². The summed E-state index contributed by atoms with van der Waals surface area (Å²) in [5.41, 5.74) is 5.94. The van der Waals surface area contributed by atoms with Crippen LogP contribution in [-0.4, -0.2) is 18.0 Å². The Bertz CT molecular complexity index is 373. The summed E-state index contributed by atoms with van der Waals surface area (Å²) in [5, 5.41) is 0.209. The zero-order chi connectivity index (χ0) is 11.4. The number of nitrogens with two attached hydrogens (primary N) is 1. The number of hydrogen-bond acceptors (Lipinski definition) is 2. The number of ether oxygens (including phenoxy) is 1. The van der Waals surface area contributed by atoms with Crippen molar-refractivity contribution in [3.05, 3.63) is 28.8 Å². The van der Waals surface area contributed by atoms with Crippen molar-refractivity contribution in [1.82, 2.24) is 0 Å². The van der Waals surface area contributed by atoms with E-state index in [2.05, 4.69) is 0 Å². The van der Waals surface area contributed by atoms with Crippen LogP contribution in [0, 0.1) is 0 Å². The van der Waals surface area contributed by atoms with Gasteiger partial charge in [0, 0.05) is 5.56 Å². The van der Waals surface area contributed by atoms with Crippen molar-refractivity contribution >= 4 is 28.8 Å². The second-order valence-corrected chi connectivity index (χ2v) is 3.56. The first-order valence-corrected chi connectivity index (χ1v) is 4.79. The molecule has 1 aromatic rings. The van der Waals surface area contributed by atoms with E-state index >= 15 is 0 Å². The average molecular weight is 252 g/mol. The monoisotopic (exact) mass is 251 g/mol. The van der Waals surface area contributed by atoms with Gasteiger partial charge in [0.2, 0.25) is 0 Å². The van der Waals surface area contributed by atoms with Crippen molar-refractivity contribution < 1.29 is 13.5 Å². The van der Waals surface area contributed by atoms with Gasteiger partial charge in [0.25, 0.3) is 6.43 Å². The van der Waals surface area contributed by atoms with E-state index in [1.807, 2.05) is 0 Å². The minimum absolute atomic E-state index is 0.192. The lowest BCUT2D eigenvalue weighted by molar-refractivity contribution is 0.0819. The molecule has 0 spiro atoms. The van der Waals surface area contributed by atoms with Gasteiger partial charge in [-0.2, -0.15) is 0 Å². The maximum Gasteiger partial charge on any atom is 0.272 e. The Morgan fingerprint density at radius 2 is 2.20 bits per heavy atom. The smallest absolute Gasteiger partial charge is 0.272 e. The highest BCUT2D eigenvalue weighted by molar-refractivity contribution is 7.80. The molecule has 2 N–H and O–H groups in total. The molecule has 0 unspecified atom stereocenters. The Kier molecular flexibility index (Phi) is 4.23. The first kappa shape index (κ1) is 12.1. The molecule has 0 atom stereocenters. The van der Waals surface area contributed by atoms with E-state index in [1.165, 1.54) is 12.1 Å². The fraction of sp³-hybridized carbons (Fsp3) is 0.222. The van der Waals surface area contributed by atoms with E-state index in [-0.39, 0.29) is 15.8 Å². The van der Waals surface area contributed by atoms with Crippen LogP contribution >= 0.6 is 23.8 Å². The van der Waals surface area contributed by atoms with Gasteiger partial charge in [-0.1, -0.05) is 23.8 Å². The van der Waals surface area contributed by atoms with Crippen LogP contribution in [0.25, 0.3) is 0 Å². The lowest BCUT2D eigenvalue weighted by atomic mass is 10.2. The molecule has 0 amide bonds. The molecule has 1 aromatic carbocycles. The summed E-state index contributed by atoms with van der Waals surface area (Å²) in [7, 11) is 0. The Morgan fingerprint density at radius 1 is 1.53 bits per heavy atom. The Balaban J connectivity index is 2.79. The molecule has 0 fully saturated rings. The Morgan fingerprint density at radius 3 is 2.67 bits per heavy atom. The first-order valence-electron chi connectivity index (χ1n) is 4.01. The molecule has 0 saturated heterocycles. The molecule has 0 aliphatic carbocycles. The lowest BCUT2D eigenvalue weighted by Crippen LogP contribution is -2.10. The second kappa shape index (κ2) is 5.23. The van der Waals surface area contributed by atoms with E-state index < -0.39 is 13.0 Å². The van der Waals surface area contributed by atoms with Crippen LogP contribution in [0.15, 0.2) is 18.2 Å². The summed E-state index contributed by atoms with van der Waals surface area (Å²) in [4.78, 5) is 0.192. The second-order valence-electron chi connectivity index (χ2n) is 2.71. The van der Waals surface area contributed by atoms with Crippen LogP contribution in [-0.2, 0) is 0 Å². The fourth-order valence-electron chi connectivity index (χ4n) is 0.924. The lowest BCUT2D eigenvalue weighted by Gasteiger charge is -2.08. The van der Waals surface area contributed by atoms with Gasteiger partial charge >= 0.3 is 0 Å². The van der Waals surface area contributed by atoms with Gasteiger partial charge in [0.1, 0.15) is 17.3 Å². The maximum atomic E-state index is 11.9. The van der Waals surface area contributed by atoms with Crippen LogP contribution in [0.5, 0.6) is 5.75 Å². The van der Waals surface area contributed by atoms with Crippen molar-refractivity contribution in [1.29, 1.82) is 0 Å². The molecule has 82 valence electrons. The standard InChI is InChI=1S/C9H8ClF2NOS/c10-6-3-5(9(13)15)1-2-7(6)14-4-8(11)12/h1-3,8H,4H2,(H2,13,15). The number of benzene rings is 1. The van der Waals surface area contributed by atoms with Gasteiger partial charge in [-0.15, -0.1) is 0 Å². The van der Waals surface area contributed by atoms with Gasteiger partial charge in [-0.25, -0.2) is 8.78 Å². The molecular formula is C9H8ClF2NOS. The Labute approximate surface area is 96.0 Å². The summed E-state index contributed by atoms with van der Waals surface area (Å²) < 4.78 is 28.5. The maximum absolute atomic E-state index is 11.9. The highest BCUT2D eigenvalue weighted by Crippen LogP contribution is 2.25. The van der Waals surface area contributed by atoms with Gasteiger partial charge in [0.05, 0.1) is 5.02 Å². The first-order chi connectivity index (χ1) is 7.00. The molecule has 1 rings (SSSR count). The normalized spacial score (nSPS) is 10.4.